The minimum Gasteiger partial charge on any atom is -0.480 e. The molecule has 0 radical (unpaired) electrons. The van der Waals surface area contributed by atoms with E-state index in [0.29, 0.717) is 24.9 Å². The van der Waals surface area contributed by atoms with Crippen molar-refractivity contribution in [2.75, 3.05) is 13.1 Å². The molecule has 0 saturated carbocycles. The Bertz CT molecular complexity index is 320. The summed E-state index contributed by atoms with van der Waals surface area (Å²) in [6, 6.07) is -1.18. The van der Waals surface area contributed by atoms with Gasteiger partial charge in [-0.25, -0.2) is 9.59 Å². The maximum absolute atomic E-state index is 12.0. The van der Waals surface area contributed by atoms with Crippen molar-refractivity contribution in [1.82, 2.24) is 10.2 Å². The molecule has 1 fully saturated rings. The van der Waals surface area contributed by atoms with Crippen molar-refractivity contribution in [1.29, 1.82) is 0 Å². The van der Waals surface area contributed by atoms with E-state index in [4.69, 9.17) is 5.11 Å². The molecule has 1 rings (SSSR count). The predicted molar refractivity (Wildman–Crippen MR) is 69.3 cm³/mol. The number of urea groups is 1. The Morgan fingerprint density at radius 3 is 2.44 bits per heavy atom. The average molecular weight is 254 g/mol. The highest BCUT2D eigenvalue weighted by Crippen LogP contribution is 2.20. The van der Waals surface area contributed by atoms with E-state index < -0.39 is 12.0 Å². The van der Waals surface area contributed by atoms with E-state index in [1.807, 2.05) is 0 Å². The fourth-order valence-corrected chi connectivity index (χ4v) is 2.46. The largest absolute Gasteiger partial charge is 0.480 e. The molecule has 2 amide bonds. The number of nitrogens with zero attached hydrogens (tertiary/aromatic N) is 1. The van der Waals surface area contributed by atoms with Gasteiger partial charge in [0, 0.05) is 13.1 Å². The Hall–Kier alpha value is -1.52. The van der Waals surface area contributed by atoms with Gasteiger partial charge in [0.1, 0.15) is 6.04 Å². The molecule has 1 saturated heterocycles. The van der Waals surface area contributed by atoms with E-state index in [2.05, 4.69) is 25.7 Å². The first kappa shape index (κ1) is 14.5. The molecule has 18 heavy (non-hydrogen) atoms. The van der Waals surface area contributed by atoms with Gasteiger partial charge in [0.25, 0.3) is 0 Å². The molecular weight excluding hydrogens is 232 g/mol. The van der Waals surface area contributed by atoms with Gasteiger partial charge in [-0.3, -0.25) is 0 Å². The molecule has 1 aliphatic rings. The van der Waals surface area contributed by atoms with E-state index in [-0.39, 0.29) is 12.5 Å². The van der Waals surface area contributed by atoms with Crippen LogP contribution >= 0.6 is 0 Å². The van der Waals surface area contributed by atoms with Gasteiger partial charge in [0.15, 0.2) is 0 Å². The van der Waals surface area contributed by atoms with Gasteiger partial charge in [-0.15, -0.1) is 6.58 Å². The summed E-state index contributed by atoms with van der Waals surface area (Å²) < 4.78 is 0. The van der Waals surface area contributed by atoms with Crippen molar-refractivity contribution in [3.63, 3.8) is 0 Å². The van der Waals surface area contributed by atoms with E-state index in [0.717, 1.165) is 6.42 Å². The molecule has 0 spiro atoms. The number of hydrogen-bond donors (Lipinski definition) is 2. The maximum Gasteiger partial charge on any atom is 0.326 e. The third kappa shape index (κ3) is 4.05. The average Bonchev–Trinajstić information content (AvgIpc) is 2.26. The summed E-state index contributed by atoms with van der Waals surface area (Å²) in [5.74, 6) is -0.106. The second kappa shape index (κ2) is 6.42. The van der Waals surface area contributed by atoms with Crippen molar-refractivity contribution in [3.8, 4) is 0 Å². The van der Waals surface area contributed by atoms with Gasteiger partial charge in [-0.2, -0.15) is 0 Å². The van der Waals surface area contributed by atoms with Crippen molar-refractivity contribution in [3.05, 3.63) is 12.7 Å². The van der Waals surface area contributed by atoms with Crippen LogP contribution in [-0.2, 0) is 4.79 Å². The van der Waals surface area contributed by atoms with Gasteiger partial charge in [0.2, 0.25) is 0 Å². The lowest BCUT2D eigenvalue weighted by Gasteiger charge is -2.35. The normalized spacial score (nSPS) is 25.3. The third-order valence-corrected chi connectivity index (χ3v) is 3.15. The molecule has 0 aromatic rings. The fourth-order valence-electron chi connectivity index (χ4n) is 2.46. The zero-order valence-corrected chi connectivity index (χ0v) is 11.1. The first-order valence-corrected chi connectivity index (χ1v) is 6.33. The number of piperidine rings is 1. The zero-order valence-electron chi connectivity index (χ0n) is 11.1. The van der Waals surface area contributed by atoms with Crippen LogP contribution in [0.4, 0.5) is 4.79 Å². The third-order valence-electron chi connectivity index (χ3n) is 3.15. The Morgan fingerprint density at radius 2 is 2.00 bits per heavy atom. The molecule has 1 heterocycles. The molecule has 0 aromatic carbocycles. The summed E-state index contributed by atoms with van der Waals surface area (Å²) in [6.07, 6.45) is 2.85. The summed E-state index contributed by atoms with van der Waals surface area (Å²) in [5.41, 5.74) is 0. The topological polar surface area (TPSA) is 69.6 Å². The molecule has 102 valence electrons. The first-order valence-electron chi connectivity index (χ1n) is 6.33. The van der Waals surface area contributed by atoms with Crippen LogP contribution in [0.2, 0.25) is 0 Å². The molecule has 2 N–H and O–H groups in total. The fraction of sp³-hybridized carbons (Fsp3) is 0.692. The smallest absolute Gasteiger partial charge is 0.326 e. The zero-order chi connectivity index (χ0) is 13.7. The highest BCUT2D eigenvalue weighted by molar-refractivity contribution is 5.82. The summed E-state index contributed by atoms with van der Waals surface area (Å²) in [5, 5.41) is 11.5. The van der Waals surface area contributed by atoms with Gasteiger partial charge >= 0.3 is 12.0 Å². The van der Waals surface area contributed by atoms with Crippen LogP contribution in [0.25, 0.3) is 0 Å². The number of hydrogen-bond acceptors (Lipinski definition) is 2. The SMILES string of the molecule is C=CCC(NC(=O)N1CC(C)CC(C)C1)C(=O)O. The maximum atomic E-state index is 12.0. The highest BCUT2D eigenvalue weighted by Gasteiger charge is 2.27. The standard InChI is InChI=1S/C13H22N2O3/c1-4-5-11(12(16)17)14-13(18)15-7-9(2)6-10(3)8-15/h4,9-11H,1,5-8H2,2-3H3,(H,14,18)(H,16,17). The number of carboxylic acid groups (broad SMARTS) is 1. The second-order valence-electron chi connectivity index (χ2n) is 5.22. The lowest BCUT2D eigenvalue weighted by molar-refractivity contribution is -0.139. The summed E-state index contributed by atoms with van der Waals surface area (Å²) in [4.78, 5) is 24.7. The molecule has 3 unspecified atom stereocenters. The van der Waals surface area contributed by atoms with E-state index in [1.165, 1.54) is 6.08 Å². The molecule has 5 nitrogen and oxygen atoms in total. The van der Waals surface area contributed by atoms with Crippen LogP contribution in [0.5, 0.6) is 0 Å². The van der Waals surface area contributed by atoms with Crippen LogP contribution in [0, 0.1) is 11.8 Å². The van der Waals surface area contributed by atoms with Crippen molar-refractivity contribution in [2.24, 2.45) is 11.8 Å². The molecular formula is C13H22N2O3. The summed E-state index contributed by atoms with van der Waals surface area (Å²) in [7, 11) is 0. The van der Waals surface area contributed by atoms with Crippen LogP contribution < -0.4 is 5.32 Å². The molecule has 5 heteroatoms. The van der Waals surface area contributed by atoms with Crippen molar-refractivity contribution >= 4 is 12.0 Å². The lowest BCUT2D eigenvalue weighted by atomic mass is 9.92. The Labute approximate surface area is 108 Å². The van der Waals surface area contributed by atoms with Crippen LogP contribution in [0.3, 0.4) is 0 Å². The monoisotopic (exact) mass is 254 g/mol. The number of carbonyl (C=O) groups excluding carboxylic acids is 1. The second-order valence-corrected chi connectivity index (χ2v) is 5.22. The Kier molecular flexibility index (Phi) is 5.19. The van der Waals surface area contributed by atoms with E-state index >= 15 is 0 Å². The molecule has 3 atom stereocenters. The van der Waals surface area contributed by atoms with Crippen LogP contribution in [0.15, 0.2) is 12.7 Å². The number of amides is 2. The molecule has 0 aromatic heterocycles. The van der Waals surface area contributed by atoms with E-state index in [9.17, 15) is 9.59 Å². The number of rotatable bonds is 4. The number of likely N-dealkylation sites (tertiary alicyclic amines) is 1. The number of carbonyl (C=O) groups is 2. The van der Waals surface area contributed by atoms with Crippen molar-refractivity contribution < 1.29 is 14.7 Å². The number of aliphatic carboxylic acids is 1. The minimum absolute atomic E-state index is 0.236. The van der Waals surface area contributed by atoms with Crippen LogP contribution in [-0.4, -0.2) is 41.1 Å². The number of carboxylic acids is 1. The summed E-state index contributed by atoms with van der Waals surface area (Å²) in [6.45, 7) is 9.09. The van der Waals surface area contributed by atoms with Crippen LogP contribution in [0.1, 0.15) is 26.7 Å². The van der Waals surface area contributed by atoms with Crippen molar-refractivity contribution in [2.45, 2.75) is 32.7 Å². The van der Waals surface area contributed by atoms with Gasteiger partial charge < -0.3 is 15.3 Å². The van der Waals surface area contributed by atoms with Gasteiger partial charge in [-0.05, 0) is 24.7 Å². The Balaban J connectivity index is 2.57. The van der Waals surface area contributed by atoms with Gasteiger partial charge in [0.05, 0.1) is 0 Å². The quantitative estimate of drug-likeness (QED) is 0.750. The minimum atomic E-state index is -1.03. The molecule has 1 aliphatic heterocycles. The van der Waals surface area contributed by atoms with E-state index in [1.54, 1.807) is 4.90 Å². The summed E-state index contributed by atoms with van der Waals surface area (Å²) >= 11 is 0. The van der Waals surface area contributed by atoms with Gasteiger partial charge in [-0.1, -0.05) is 19.9 Å². The molecule has 0 bridgehead atoms. The predicted octanol–water partition coefficient (Wildman–Crippen LogP) is 1.70. The highest BCUT2D eigenvalue weighted by atomic mass is 16.4. The first-order chi connectivity index (χ1) is 8.43. The lowest BCUT2D eigenvalue weighted by Crippen LogP contribution is -2.51. The molecule has 0 aliphatic carbocycles. The Morgan fingerprint density at radius 1 is 1.44 bits per heavy atom. The number of nitrogens with one attached hydrogen (secondary N) is 1.